The van der Waals surface area contributed by atoms with Crippen molar-refractivity contribution in [3.8, 4) is 11.5 Å². The first-order valence-corrected chi connectivity index (χ1v) is 9.69. The lowest BCUT2D eigenvalue weighted by Gasteiger charge is -2.20. The molecule has 1 N–H and O–H groups in total. The van der Waals surface area contributed by atoms with Gasteiger partial charge in [-0.15, -0.1) is 0 Å². The quantitative estimate of drug-likeness (QED) is 0.781. The number of hydrogen-bond acceptors (Lipinski definition) is 4. The first-order valence-electron chi connectivity index (χ1n) is 7.82. The zero-order chi connectivity index (χ0) is 18.6. The second-order valence-corrected chi connectivity index (χ2v) is 7.73. The molecule has 2 aromatic carbocycles. The molecule has 0 amide bonds. The minimum absolute atomic E-state index is 0.0196. The molecule has 0 aliphatic heterocycles. The molecular weight excluding hydrogens is 362 g/mol. The summed E-state index contributed by atoms with van der Waals surface area (Å²) in [6.45, 7) is 3.84. The number of ether oxygens (including phenoxy) is 2. The van der Waals surface area contributed by atoms with E-state index in [1.165, 1.54) is 19.2 Å². The molecule has 2 rings (SSSR count). The lowest BCUT2D eigenvalue weighted by atomic mass is 10.0. The van der Waals surface area contributed by atoms with Gasteiger partial charge in [-0.25, -0.2) is 13.1 Å². The van der Waals surface area contributed by atoms with E-state index in [0.717, 1.165) is 16.9 Å². The minimum atomic E-state index is -3.80. The molecule has 0 spiro atoms. The Labute approximate surface area is 154 Å². The average Bonchev–Trinajstić information content (AvgIpc) is 2.59. The summed E-state index contributed by atoms with van der Waals surface area (Å²) in [6, 6.07) is 9.75. The summed E-state index contributed by atoms with van der Waals surface area (Å²) in [6.07, 6.45) is 0.591. The Bertz CT molecular complexity index is 852. The van der Waals surface area contributed by atoms with E-state index in [0.29, 0.717) is 11.4 Å². The molecule has 0 fully saturated rings. The zero-order valence-corrected chi connectivity index (χ0v) is 16.2. The molecule has 0 saturated carbocycles. The molecule has 0 radical (unpaired) electrons. The number of halogens is 1. The van der Waals surface area contributed by atoms with Crippen LogP contribution in [0.4, 0.5) is 0 Å². The van der Waals surface area contributed by atoms with Gasteiger partial charge in [-0.1, -0.05) is 30.7 Å². The maximum absolute atomic E-state index is 12.8. The zero-order valence-electron chi connectivity index (χ0n) is 14.7. The number of sulfonamides is 1. The van der Waals surface area contributed by atoms with Gasteiger partial charge in [0.25, 0.3) is 0 Å². The Hall–Kier alpha value is -1.76. The number of aryl methyl sites for hydroxylation is 1. The number of methoxy groups -OCH3 is 2. The fraction of sp³-hybridized carbons (Fsp3) is 0.333. The predicted octanol–water partition coefficient (Wildman–Crippen LogP) is 4.10. The van der Waals surface area contributed by atoms with Crippen molar-refractivity contribution < 1.29 is 17.9 Å². The highest BCUT2D eigenvalue weighted by molar-refractivity contribution is 7.89. The summed E-state index contributed by atoms with van der Waals surface area (Å²) in [4.78, 5) is 0.0196. The Kier molecular flexibility index (Phi) is 6.32. The molecule has 0 heterocycles. The maximum Gasteiger partial charge on any atom is 0.244 e. The van der Waals surface area contributed by atoms with Crippen molar-refractivity contribution in [2.75, 3.05) is 14.2 Å². The first kappa shape index (κ1) is 19.6. The lowest BCUT2D eigenvalue weighted by Crippen LogP contribution is -2.28. The third kappa shape index (κ3) is 4.45. The monoisotopic (exact) mass is 383 g/mol. The fourth-order valence-electron chi connectivity index (χ4n) is 2.62. The van der Waals surface area contributed by atoms with Crippen LogP contribution in [0.1, 0.15) is 30.5 Å². The highest BCUT2D eigenvalue weighted by atomic mass is 35.5. The van der Waals surface area contributed by atoms with Crippen molar-refractivity contribution >= 4 is 21.6 Å². The van der Waals surface area contributed by atoms with Crippen LogP contribution in [0.3, 0.4) is 0 Å². The Morgan fingerprint density at radius 3 is 2.28 bits per heavy atom. The van der Waals surface area contributed by atoms with E-state index in [-0.39, 0.29) is 16.7 Å². The van der Waals surface area contributed by atoms with E-state index in [1.54, 1.807) is 13.2 Å². The molecule has 25 heavy (non-hydrogen) atoms. The molecule has 136 valence electrons. The van der Waals surface area contributed by atoms with E-state index in [9.17, 15) is 8.42 Å². The normalized spacial score (nSPS) is 12.7. The van der Waals surface area contributed by atoms with Gasteiger partial charge in [0.1, 0.15) is 16.4 Å². The third-order valence-electron chi connectivity index (χ3n) is 3.94. The Balaban J connectivity index is 2.38. The van der Waals surface area contributed by atoms with Gasteiger partial charge in [-0.05, 0) is 48.7 Å². The van der Waals surface area contributed by atoms with Crippen molar-refractivity contribution in [1.29, 1.82) is 0 Å². The van der Waals surface area contributed by atoms with E-state index < -0.39 is 10.0 Å². The number of nitrogens with one attached hydrogen (secondary N) is 1. The number of hydrogen-bond donors (Lipinski definition) is 1. The van der Waals surface area contributed by atoms with Gasteiger partial charge < -0.3 is 9.47 Å². The molecule has 0 aliphatic carbocycles. The van der Waals surface area contributed by atoms with Crippen LogP contribution in [0.15, 0.2) is 41.3 Å². The molecule has 5 nitrogen and oxygen atoms in total. The number of benzene rings is 2. The van der Waals surface area contributed by atoms with Gasteiger partial charge in [0.15, 0.2) is 0 Å². The van der Waals surface area contributed by atoms with Crippen molar-refractivity contribution in [3.63, 3.8) is 0 Å². The van der Waals surface area contributed by atoms with Gasteiger partial charge in [-0.2, -0.15) is 0 Å². The standard InChI is InChI=1S/C18H22ClNO4S/c1-5-15(13-6-8-16(23-3)12(2)10-13)20-25(21,22)18-11-14(19)7-9-17(18)24-4/h6-11,15,20H,5H2,1-4H3. The number of rotatable bonds is 7. The van der Waals surface area contributed by atoms with E-state index >= 15 is 0 Å². The smallest absolute Gasteiger partial charge is 0.244 e. The summed E-state index contributed by atoms with van der Waals surface area (Å²) in [7, 11) is -0.777. The van der Waals surface area contributed by atoms with E-state index in [1.807, 2.05) is 32.0 Å². The van der Waals surface area contributed by atoms with Crippen LogP contribution in [0.2, 0.25) is 5.02 Å². The highest BCUT2D eigenvalue weighted by Gasteiger charge is 2.24. The van der Waals surface area contributed by atoms with Crippen molar-refractivity contribution in [2.24, 2.45) is 0 Å². The second kappa shape index (κ2) is 8.08. The molecule has 1 unspecified atom stereocenters. The van der Waals surface area contributed by atoms with Crippen molar-refractivity contribution in [3.05, 3.63) is 52.5 Å². The Morgan fingerprint density at radius 2 is 1.72 bits per heavy atom. The van der Waals surface area contributed by atoms with Crippen LogP contribution in [0, 0.1) is 6.92 Å². The topological polar surface area (TPSA) is 64.6 Å². The van der Waals surface area contributed by atoms with E-state index in [4.69, 9.17) is 21.1 Å². The lowest BCUT2D eigenvalue weighted by molar-refractivity contribution is 0.402. The summed E-state index contributed by atoms with van der Waals surface area (Å²) in [5, 5.41) is 0.328. The summed E-state index contributed by atoms with van der Waals surface area (Å²) in [5.74, 6) is 1.01. The molecule has 0 bridgehead atoms. The third-order valence-corrected chi connectivity index (χ3v) is 5.67. The van der Waals surface area contributed by atoms with Crippen molar-refractivity contribution in [2.45, 2.75) is 31.2 Å². The van der Waals surface area contributed by atoms with Crippen LogP contribution in [0.5, 0.6) is 11.5 Å². The summed E-state index contributed by atoms with van der Waals surface area (Å²) in [5.41, 5.74) is 1.81. The molecule has 7 heteroatoms. The minimum Gasteiger partial charge on any atom is -0.496 e. The fourth-order valence-corrected chi connectivity index (χ4v) is 4.36. The van der Waals surface area contributed by atoms with Crippen LogP contribution in [-0.4, -0.2) is 22.6 Å². The van der Waals surface area contributed by atoms with Gasteiger partial charge in [0, 0.05) is 11.1 Å². The van der Waals surface area contributed by atoms with Gasteiger partial charge >= 0.3 is 0 Å². The van der Waals surface area contributed by atoms with E-state index in [2.05, 4.69) is 4.72 Å². The van der Waals surface area contributed by atoms with Crippen LogP contribution >= 0.6 is 11.6 Å². The molecule has 0 aliphatic rings. The van der Waals surface area contributed by atoms with Gasteiger partial charge in [0.05, 0.1) is 14.2 Å². The van der Waals surface area contributed by atoms with Crippen LogP contribution in [-0.2, 0) is 10.0 Å². The predicted molar refractivity (Wildman–Crippen MR) is 99.1 cm³/mol. The van der Waals surface area contributed by atoms with Gasteiger partial charge in [0.2, 0.25) is 10.0 Å². The second-order valence-electron chi connectivity index (χ2n) is 5.61. The Morgan fingerprint density at radius 1 is 1.08 bits per heavy atom. The largest absolute Gasteiger partial charge is 0.496 e. The molecule has 0 aromatic heterocycles. The SMILES string of the molecule is CCC(NS(=O)(=O)c1cc(Cl)ccc1OC)c1ccc(OC)c(C)c1. The van der Waals surface area contributed by atoms with Gasteiger partial charge in [-0.3, -0.25) is 0 Å². The molecule has 0 saturated heterocycles. The van der Waals surface area contributed by atoms with Crippen molar-refractivity contribution in [1.82, 2.24) is 4.72 Å². The highest BCUT2D eigenvalue weighted by Crippen LogP contribution is 2.30. The average molecular weight is 384 g/mol. The van der Waals surface area contributed by atoms with Crippen LogP contribution < -0.4 is 14.2 Å². The summed E-state index contributed by atoms with van der Waals surface area (Å²) >= 11 is 5.96. The maximum atomic E-state index is 12.8. The van der Waals surface area contributed by atoms with Crippen LogP contribution in [0.25, 0.3) is 0 Å². The molecular formula is C18H22ClNO4S. The molecule has 2 aromatic rings. The first-order chi connectivity index (χ1) is 11.8. The molecule has 1 atom stereocenters. The summed E-state index contributed by atoms with van der Waals surface area (Å²) < 4.78 is 38.8.